The molecule has 5 nitrogen and oxygen atoms in total. The van der Waals surface area contributed by atoms with E-state index in [1.54, 1.807) is 36.5 Å². The number of aldehydes is 1. The number of nitrogens with zero attached hydrogens (tertiary/aromatic N) is 1. The smallest absolute Gasteiger partial charge is 0.256 e. The minimum Gasteiger partial charge on any atom is -0.361 e. The van der Waals surface area contributed by atoms with Gasteiger partial charge in [-0.25, -0.2) is 4.98 Å². The fourth-order valence-electron chi connectivity index (χ4n) is 1.91. The number of carbonyl (C=O) groups excluding carboxylic acids is 2. The summed E-state index contributed by atoms with van der Waals surface area (Å²) in [5.41, 5.74) is 1.92. The van der Waals surface area contributed by atoms with Crippen LogP contribution in [0.1, 0.15) is 20.7 Å². The Morgan fingerprint density at radius 3 is 2.75 bits per heavy atom. The van der Waals surface area contributed by atoms with Crippen LogP contribution in [0.5, 0.6) is 0 Å². The number of benzene rings is 1. The third-order valence-electron chi connectivity index (χ3n) is 2.99. The van der Waals surface area contributed by atoms with Crippen molar-refractivity contribution in [3.63, 3.8) is 0 Å². The van der Waals surface area contributed by atoms with Crippen LogP contribution in [-0.2, 0) is 0 Å². The van der Waals surface area contributed by atoms with Crippen LogP contribution >= 0.6 is 0 Å². The summed E-state index contributed by atoms with van der Waals surface area (Å²) in [5.74, 6) is 0.213. The van der Waals surface area contributed by atoms with Gasteiger partial charge in [0.1, 0.15) is 12.1 Å². The third kappa shape index (κ3) is 2.29. The number of aromatic amines is 1. The van der Waals surface area contributed by atoms with Gasteiger partial charge in [-0.1, -0.05) is 12.1 Å². The first kappa shape index (κ1) is 12.1. The topological polar surface area (TPSA) is 74.8 Å². The maximum atomic E-state index is 12.0. The van der Waals surface area contributed by atoms with E-state index in [0.717, 1.165) is 17.2 Å². The Morgan fingerprint density at radius 1 is 1.20 bits per heavy atom. The fraction of sp³-hybridized carbons (Fsp3) is 0. The number of pyridine rings is 1. The number of hydrogen-bond acceptors (Lipinski definition) is 3. The van der Waals surface area contributed by atoms with E-state index in [4.69, 9.17) is 0 Å². The lowest BCUT2D eigenvalue weighted by molar-refractivity contribution is 0.102. The lowest BCUT2D eigenvalue weighted by atomic mass is 10.1. The van der Waals surface area contributed by atoms with Crippen LogP contribution in [0.2, 0.25) is 0 Å². The molecule has 1 aromatic carbocycles. The summed E-state index contributed by atoms with van der Waals surface area (Å²) >= 11 is 0. The first-order valence-electron chi connectivity index (χ1n) is 6.06. The normalized spacial score (nSPS) is 10.4. The average Bonchev–Trinajstić information content (AvgIpc) is 2.95. The summed E-state index contributed by atoms with van der Waals surface area (Å²) in [6, 6.07) is 10.1. The van der Waals surface area contributed by atoms with Crippen molar-refractivity contribution in [1.29, 1.82) is 0 Å². The van der Waals surface area contributed by atoms with Gasteiger partial charge in [0, 0.05) is 35.0 Å². The van der Waals surface area contributed by atoms with Gasteiger partial charge in [0.2, 0.25) is 0 Å². The van der Waals surface area contributed by atoms with Gasteiger partial charge in [0.25, 0.3) is 5.91 Å². The zero-order valence-corrected chi connectivity index (χ0v) is 10.5. The number of nitrogens with one attached hydrogen (secondary N) is 2. The van der Waals surface area contributed by atoms with Crippen LogP contribution in [0.3, 0.4) is 0 Å². The summed E-state index contributed by atoms with van der Waals surface area (Å²) in [5, 5.41) is 3.70. The molecule has 0 radical (unpaired) electrons. The quantitative estimate of drug-likeness (QED) is 0.715. The molecule has 0 aliphatic carbocycles. The van der Waals surface area contributed by atoms with E-state index in [9.17, 15) is 9.59 Å². The molecule has 2 heterocycles. The lowest BCUT2D eigenvalue weighted by Crippen LogP contribution is -2.12. The predicted octanol–water partition coefficient (Wildman–Crippen LogP) is 2.63. The standard InChI is InChI=1S/C15H11N3O2/c19-9-10-1-3-11(4-2-10)15(20)18-14-7-13-12(8-17-14)5-6-16-13/h1-9,16H,(H,17,18,20). The summed E-state index contributed by atoms with van der Waals surface area (Å²) in [4.78, 5) is 29.8. The molecular formula is C15H11N3O2. The van der Waals surface area contributed by atoms with Gasteiger partial charge in [-0.05, 0) is 18.2 Å². The van der Waals surface area contributed by atoms with E-state index in [0.29, 0.717) is 16.9 Å². The molecule has 3 aromatic rings. The Balaban J connectivity index is 1.81. The molecule has 20 heavy (non-hydrogen) atoms. The number of carbonyl (C=O) groups is 2. The van der Waals surface area contributed by atoms with Gasteiger partial charge in [-0.3, -0.25) is 9.59 Å². The summed E-state index contributed by atoms with van der Waals surface area (Å²) in [6.07, 6.45) is 4.25. The highest BCUT2D eigenvalue weighted by Crippen LogP contribution is 2.15. The molecule has 0 fully saturated rings. The molecule has 0 saturated carbocycles. The van der Waals surface area contributed by atoms with E-state index in [1.165, 1.54) is 0 Å². The van der Waals surface area contributed by atoms with Gasteiger partial charge in [0.05, 0.1) is 5.52 Å². The molecule has 2 N–H and O–H groups in total. The van der Waals surface area contributed by atoms with Crippen LogP contribution in [0.25, 0.3) is 10.9 Å². The van der Waals surface area contributed by atoms with E-state index < -0.39 is 0 Å². The van der Waals surface area contributed by atoms with Crippen molar-refractivity contribution < 1.29 is 9.59 Å². The molecular weight excluding hydrogens is 254 g/mol. The average molecular weight is 265 g/mol. The Hall–Kier alpha value is -2.95. The molecule has 0 unspecified atom stereocenters. The highest BCUT2D eigenvalue weighted by Gasteiger charge is 2.07. The zero-order chi connectivity index (χ0) is 13.9. The van der Waals surface area contributed by atoms with Crippen molar-refractivity contribution in [3.8, 4) is 0 Å². The van der Waals surface area contributed by atoms with E-state index in [1.807, 2.05) is 12.3 Å². The van der Waals surface area contributed by atoms with Gasteiger partial charge in [0.15, 0.2) is 0 Å². The van der Waals surface area contributed by atoms with Crippen molar-refractivity contribution in [2.45, 2.75) is 0 Å². The van der Waals surface area contributed by atoms with Crippen molar-refractivity contribution in [2.24, 2.45) is 0 Å². The van der Waals surface area contributed by atoms with Gasteiger partial charge >= 0.3 is 0 Å². The van der Waals surface area contributed by atoms with Crippen LogP contribution in [-0.4, -0.2) is 22.2 Å². The lowest BCUT2D eigenvalue weighted by Gasteiger charge is -2.04. The molecule has 0 atom stereocenters. The molecule has 0 aliphatic rings. The van der Waals surface area contributed by atoms with Gasteiger partial charge < -0.3 is 10.3 Å². The van der Waals surface area contributed by atoms with Crippen molar-refractivity contribution >= 4 is 28.9 Å². The second-order valence-electron chi connectivity index (χ2n) is 4.33. The Kier molecular flexibility index (Phi) is 3.01. The highest BCUT2D eigenvalue weighted by atomic mass is 16.1. The van der Waals surface area contributed by atoms with E-state index in [2.05, 4.69) is 15.3 Å². The first-order chi connectivity index (χ1) is 9.76. The molecule has 2 aromatic heterocycles. The van der Waals surface area contributed by atoms with Gasteiger partial charge in [-0.15, -0.1) is 0 Å². The number of hydrogen-bond donors (Lipinski definition) is 2. The van der Waals surface area contributed by atoms with E-state index in [-0.39, 0.29) is 5.91 Å². The molecule has 98 valence electrons. The monoisotopic (exact) mass is 265 g/mol. The van der Waals surface area contributed by atoms with Crippen LogP contribution in [0.4, 0.5) is 5.82 Å². The van der Waals surface area contributed by atoms with E-state index >= 15 is 0 Å². The van der Waals surface area contributed by atoms with Crippen LogP contribution in [0, 0.1) is 0 Å². The molecule has 5 heteroatoms. The minimum atomic E-state index is -0.263. The molecule has 0 aliphatic heterocycles. The second-order valence-corrected chi connectivity index (χ2v) is 4.33. The second kappa shape index (κ2) is 4.97. The third-order valence-corrected chi connectivity index (χ3v) is 2.99. The van der Waals surface area contributed by atoms with Crippen LogP contribution in [0.15, 0.2) is 48.8 Å². The van der Waals surface area contributed by atoms with Crippen molar-refractivity contribution in [3.05, 3.63) is 59.9 Å². The number of H-pyrrole nitrogens is 1. The molecule has 1 amide bonds. The summed E-state index contributed by atoms with van der Waals surface area (Å²) in [7, 11) is 0. The maximum Gasteiger partial charge on any atom is 0.256 e. The molecule has 0 spiro atoms. The Bertz CT molecular complexity index is 775. The van der Waals surface area contributed by atoms with Gasteiger partial charge in [-0.2, -0.15) is 0 Å². The highest BCUT2D eigenvalue weighted by molar-refractivity contribution is 6.04. The number of amides is 1. The number of aromatic nitrogens is 2. The maximum absolute atomic E-state index is 12.0. The SMILES string of the molecule is O=Cc1ccc(C(=O)Nc2cc3[nH]ccc3cn2)cc1. The summed E-state index contributed by atoms with van der Waals surface area (Å²) < 4.78 is 0. The molecule has 0 saturated heterocycles. The van der Waals surface area contributed by atoms with Crippen LogP contribution < -0.4 is 5.32 Å². The molecule has 3 rings (SSSR count). The zero-order valence-electron chi connectivity index (χ0n) is 10.5. The Labute approximate surface area is 114 Å². The summed E-state index contributed by atoms with van der Waals surface area (Å²) in [6.45, 7) is 0. The Morgan fingerprint density at radius 2 is 2.00 bits per heavy atom. The number of anilines is 1. The number of fused-ring (bicyclic) bond motifs is 1. The molecule has 0 bridgehead atoms. The minimum absolute atomic E-state index is 0.263. The van der Waals surface area contributed by atoms with Crippen molar-refractivity contribution in [2.75, 3.05) is 5.32 Å². The fourth-order valence-corrected chi connectivity index (χ4v) is 1.91. The number of rotatable bonds is 3. The first-order valence-corrected chi connectivity index (χ1v) is 6.06. The largest absolute Gasteiger partial charge is 0.361 e. The predicted molar refractivity (Wildman–Crippen MR) is 75.9 cm³/mol. The van der Waals surface area contributed by atoms with Crippen molar-refractivity contribution in [1.82, 2.24) is 9.97 Å².